The van der Waals surface area contributed by atoms with E-state index in [4.69, 9.17) is 18.1 Å². The first-order valence-corrected chi connectivity index (χ1v) is 24.8. The Morgan fingerprint density at radius 1 is 0.705 bits per heavy atom. The fraction of sp³-hybridized carbons (Fsp3) is 0.562. The van der Waals surface area contributed by atoms with Gasteiger partial charge >= 0.3 is 126 Å². The third-order valence-corrected chi connectivity index (χ3v) is 12.9. The van der Waals surface area contributed by atoms with Gasteiger partial charge in [-0.1, -0.05) is 11.8 Å². The average molecular weight is 970 g/mol. The minimum atomic E-state index is -4.46. The molecule has 0 aliphatic heterocycles. The van der Waals surface area contributed by atoms with E-state index in [0.29, 0.717) is 30.5 Å². The van der Waals surface area contributed by atoms with E-state index in [2.05, 4.69) is 27.0 Å². The maximum Gasteiger partial charge on any atom is 1.00 e. The third kappa shape index (κ3) is 25.2. The number of aliphatic carboxylic acids is 1. The van der Waals surface area contributed by atoms with E-state index in [9.17, 15) is 47.7 Å². The Morgan fingerprint density at radius 2 is 1.11 bits per heavy atom. The molecule has 0 saturated carbocycles. The zero-order chi connectivity index (χ0) is 42.3. The molecule has 4 unspecified atom stereocenters. The molecule has 0 aliphatic carbocycles. The van der Waals surface area contributed by atoms with Gasteiger partial charge in [-0.05, 0) is 71.2 Å². The van der Waals surface area contributed by atoms with Crippen LogP contribution in [-0.4, -0.2) is 96.8 Å². The van der Waals surface area contributed by atoms with Gasteiger partial charge in [0, 0.05) is 43.4 Å². The summed E-state index contributed by atoms with van der Waals surface area (Å²) in [7, 11) is -17.6. The van der Waals surface area contributed by atoms with E-state index in [1.165, 1.54) is 60.4 Å². The van der Waals surface area contributed by atoms with Gasteiger partial charge in [-0.3, -0.25) is 14.4 Å². The Kier molecular flexibility index (Phi) is 32.9. The van der Waals surface area contributed by atoms with Crippen molar-refractivity contribution in [2.45, 2.75) is 66.5 Å². The van der Waals surface area contributed by atoms with E-state index in [-0.39, 0.29) is 181 Å². The molecule has 3 heterocycles. The van der Waals surface area contributed by atoms with Gasteiger partial charge in [0.25, 0.3) is 0 Å². The minimum absolute atomic E-state index is 0. The number of pyridine rings is 1. The molecule has 0 spiro atoms. The molecule has 0 saturated heterocycles. The van der Waals surface area contributed by atoms with Crippen molar-refractivity contribution >= 4 is 36.4 Å². The average Bonchev–Trinajstić information content (AvgIpc) is 3.75. The van der Waals surface area contributed by atoms with Gasteiger partial charge in [0.1, 0.15) is 29.1 Å². The summed E-state index contributed by atoms with van der Waals surface area (Å²) in [6.45, 7) is 5.10. The number of carbonyl (C=O) groups excluding carboxylic acids is 1. The predicted molar refractivity (Wildman–Crippen MR) is 199 cm³/mol. The first-order valence-electron chi connectivity index (χ1n) is 17.8. The van der Waals surface area contributed by atoms with Crippen molar-refractivity contribution in [2.24, 2.45) is 0 Å². The van der Waals surface area contributed by atoms with E-state index >= 15 is 0 Å². The van der Waals surface area contributed by atoms with E-state index in [0.717, 1.165) is 4.90 Å². The molecular formula is C32H47N7Na4O14P4. The fourth-order valence-electron chi connectivity index (χ4n) is 5.29. The second kappa shape index (κ2) is 31.2. The van der Waals surface area contributed by atoms with Gasteiger partial charge in [0.2, 0.25) is 0 Å². The van der Waals surface area contributed by atoms with Gasteiger partial charge in [0.15, 0.2) is 11.6 Å². The van der Waals surface area contributed by atoms with Crippen LogP contribution in [0.3, 0.4) is 0 Å². The number of hydrogen-bond acceptors (Lipinski definition) is 18. The van der Waals surface area contributed by atoms with Crippen LogP contribution in [0.4, 0.5) is 0 Å². The molecule has 0 bridgehead atoms. The number of carbonyl (C=O) groups is 1. The van der Waals surface area contributed by atoms with Crippen LogP contribution < -0.4 is 138 Å². The second-order valence-corrected chi connectivity index (χ2v) is 19.4. The van der Waals surface area contributed by atoms with Crippen molar-refractivity contribution < 1.29 is 184 Å². The normalized spacial score (nSPS) is 15.0. The zero-order valence-electron chi connectivity index (χ0n) is 36.0. The van der Waals surface area contributed by atoms with Gasteiger partial charge in [-0.25, -0.2) is 14.3 Å². The molecule has 0 radical (unpaired) electrons. The number of carboxylic acids is 1. The van der Waals surface area contributed by atoms with Crippen LogP contribution in [0.15, 0.2) is 36.7 Å². The van der Waals surface area contributed by atoms with Crippen molar-refractivity contribution in [3.63, 3.8) is 0 Å². The van der Waals surface area contributed by atoms with Gasteiger partial charge in [-0.2, -0.15) is 10.2 Å². The molecule has 61 heavy (non-hydrogen) atoms. The first kappa shape index (κ1) is 64.2. The molecule has 0 aromatic carbocycles. The van der Waals surface area contributed by atoms with E-state index in [1.54, 1.807) is 18.2 Å². The standard InChI is InChI=1S/C32H51N7O14P4.4Na/c1-5-50-54(42,43)23-36(24-55(44,45)51-6-2)21-28-15-17-38(34-28)30-19-27(13-11-9-10-12-14-32(40)41)20-31(33-30)39-18-16-29(35-39)22-37(25-56(46,47)52-7-3)26-57(48,49)53-8-4;;;;/h15-20H,5-10,12,14,21-26H2,1-4H3,(H,40,41)(H,42,43)(H,44,45)(H,46,47)(H,48,49);;;;/q;4*+1/p-4. The quantitative estimate of drug-likeness (QED) is 0.0338. The summed E-state index contributed by atoms with van der Waals surface area (Å²) < 4.78 is 72.4. The summed E-state index contributed by atoms with van der Waals surface area (Å²) in [6, 6.07) is 6.30. The number of aromatic nitrogens is 5. The predicted octanol–water partition coefficient (Wildman–Crippen LogP) is -10.4. The van der Waals surface area contributed by atoms with E-state index in [1.807, 2.05) is 0 Å². The molecule has 0 amide bonds. The third-order valence-electron chi connectivity index (χ3n) is 7.30. The number of nitrogens with zero attached hydrogens (tertiary/aromatic N) is 7. The van der Waals surface area contributed by atoms with Crippen molar-refractivity contribution in [2.75, 3.05) is 51.6 Å². The molecule has 3 aromatic heterocycles. The monoisotopic (exact) mass is 969 g/mol. The molecule has 21 nitrogen and oxygen atoms in total. The minimum Gasteiger partial charge on any atom is -0.778 e. The van der Waals surface area contributed by atoms with E-state index < -0.39 is 61.5 Å². The van der Waals surface area contributed by atoms with Crippen LogP contribution in [0.25, 0.3) is 11.6 Å². The Labute approximate surface area is 444 Å². The van der Waals surface area contributed by atoms with Crippen LogP contribution in [0.5, 0.6) is 0 Å². The van der Waals surface area contributed by atoms with Gasteiger partial charge in [-0.15, -0.1) is 0 Å². The zero-order valence-corrected chi connectivity index (χ0v) is 47.6. The summed E-state index contributed by atoms with van der Waals surface area (Å²) >= 11 is 0. The summed E-state index contributed by atoms with van der Waals surface area (Å²) in [5, 5.41) is 19.8. The molecule has 3 aromatic rings. The van der Waals surface area contributed by atoms with Crippen LogP contribution in [-0.2, 0) is 54.2 Å². The van der Waals surface area contributed by atoms with Crippen molar-refractivity contribution in [3.05, 3.63) is 53.6 Å². The Hall–Kier alpha value is 1.12. The summed E-state index contributed by atoms with van der Waals surface area (Å²) in [6.07, 6.45) is 1.42. The number of unbranched alkanes of at least 4 members (excludes halogenated alkanes) is 2. The van der Waals surface area contributed by atoms with Crippen LogP contribution in [0.1, 0.15) is 70.3 Å². The number of carboxylic acid groups (broad SMARTS) is 1. The first-order chi connectivity index (χ1) is 26.8. The molecule has 1 N–H and O–H groups in total. The summed E-state index contributed by atoms with van der Waals surface area (Å²) in [4.78, 5) is 65.5. The summed E-state index contributed by atoms with van der Waals surface area (Å²) in [5.74, 6) is 5.31. The van der Waals surface area contributed by atoms with Gasteiger partial charge in [0.05, 0.1) is 56.7 Å². The second-order valence-electron chi connectivity index (χ2n) is 12.3. The van der Waals surface area contributed by atoms with Crippen LogP contribution >= 0.6 is 30.4 Å². The van der Waals surface area contributed by atoms with Crippen molar-refractivity contribution in [1.82, 2.24) is 34.3 Å². The Bertz CT molecular complexity index is 1880. The SMILES string of the molecule is CCOP(=O)([O-])CN(Cc1ccn(-c2cc(C#CCCCCC(=O)[O-])cc(-n3ccc(CN(CP(=O)([O-])OCC)CP(=O)(O)OCC)n3)n2)n1)CP(=O)([O-])OCC.[Na+].[Na+].[Na+].[Na+]. The molecule has 318 valence electrons. The molecule has 4 atom stereocenters. The van der Waals surface area contributed by atoms with Crippen molar-refractivity contribution in [1.29, 1.82) is 0 Å². The molecule has 0 aliphatic rings. The smallest absolute Gasteiger partial charge is 0.778 e. The molecular weight excluding hydrogens is 922 g/mol. The topological polar surface area (TPSA) is 290 Å². The van der Waals surface area contributed by atoms with Crippen molar-refractivity contribution in [3.8, 4) is 23.5 Å². The summed E-state index contributed by atoms with van der Waals surface area (Å²) in [5.41, 5.74) is 1.01. The Morgan fingerprint density at radius 3 is 1.51 bits per heavy atom. The van der Waals surface area contributed by atoms with Gasteiger partial charge < -0.3 is 61.3 Å². The van der Waals surface area contributed by atoms with Crippen LogP contribution in [0, 0.1) is 11.8 Å². The fourth-order valence-corrected chi connectivity index (χ4v) is 10.3. The Balaban J connectivity index is 0. The maximum absolute atomic E-state index is 12.6. The molecule has 0 fully saturated rings. The number of rotatable bonds is 26. The van der Waals surface area contributed by atoms with Crippen LogP contribution in [0.2, 0.25) is 0 Å². The molecule has 3 rings (SSSR count). The largest absolute Gasteiger partial charge is 1.00 e. The maximum atomic E-state index is 12.6. The number of hydrogen-bond donors (Lipinski definition) is 1. The molecule has 29 heteroatoms.